The molecule has 1 atom stereocenters. The summed E-state index contributed by atoms with van der Waals surface area (Å²) in [7, 11) is 0. The minimum Gasteiger partial charge on any atom is -0.499 e. The molecule has 10 nitrogen and oxygen atoms in total. The molecule has 1 unspecified atom stereocenters. The summed E-state index contributed by atoms with van der Waals surface area (Å²) < 4.78 is 10.4. The van der Waals surface area contributed by atoms with Crippen LogP contribution in [-0.4, -0.2) is 40.1 Å². The van der Waals surface area contributed by atoms with Crippen LogP contribution in [0.4, 0.5) is 10.5 Å². The molecule has 0 spiro atoms. The highest BCUT2D eigenvalue weighted by atomic mass is 16.7. The number of phenolic OH excluding ortho intramolecular Hbond substituents is 1. The van der Waals surface area contributed by atoms with Gasteiger partial charge in [0.25, 0.3) is 5.91 Å². The third kappa shape index (κ3) is 6.32. The average molecular weight is 467 g/mol. The molecule has 178 valence electrons. The molecular formula is C24H25N3O7. The zero-order valence-electron chi connectivity index (χ0n) is 19.1. The van der Waals surface area contributed by atoms with Gasteiger partial charge < -0.3 is 19.5 Å². The molecule has 0 saturated carbocycles. The molecule has 0 aliphatic carbocycles. The van der Waals surface area contributed by atoms with Crippen LogP contribution in [0.5, 0.6) is 11.5 Å². The first-order valence-electron chi connectivity index (χ1n) is 10.6. The second-order valence-electron chi connectivity index (χ2n) is 7.07. The van der Waals surface area contributed by atoms with E-state index in [9.17, 15) is 30.1 Å². The largest absolute Gasteiger partial charge is 0.514 e. The Morgan fingerprint density at radius 3 is 2.38 bits per heavy atom. The maximum absolute atomic E-state index is 12.5. The Labute approximate surface area is 196 Å². The molecule has 34 heavy (non-hydrogen) atoms. The van der Waals surface area contributed by atoms with Gasteiger partial charge in [-0.15, -0.1) is 0 Å². The Morgan fingerprint density at radius 1 is 1.21 bits per heavy atom. The molecule has 2 aromatic carbocycles. The number of carbonyl (C=O) groups excluding carboxylic acids is 2. The predicted octanol–water partition coefficient (Wildman–Crippen LogP) is 4.74. The van der Waals surface area contributed by atoms with E-state index in [1.165, 1.54) is 4.90 Å². The maximum Gasteiger partial charge on any atom is 0.514 e. The molecule has 1 amide bonds. The molecule has 0 heterocycles. The van der Waals surface area contributed by atoms with Gasteiger partial charge >= 0.3 is 11.8 Å². The van der Waals surface area contributed by atoms with Gasteiger partial charge in [-0.3, -0.25) is 14.9 Å². The minimum atomic E-state index is -1.18. The van der Waals surface area contributed by atoms with Crippen molar-refractivity contribution in [3.8, 4) is 17.6 Å². The van der Waals surface area contributed by atoms with Crippen molar-refractivity contribution in [3.05, 3.63) is 69.3 Å². The number of hydrogen-bond acceptors (Lipinski definition) is 8. The fourth-order valence-corrected chi connectivity index (χ4v) is 3.19. The highest BCUT2D eigenvalue weighted by molar-refractivity contribution is 6.01. The normalized spacial score (nSPS) is 11.8. The molecule has 2 aromatic rings. The van der Waals surface area contributed by atoms with Gasteiger partial charge in [-0.25, -0.2) is 4.79 Å². The SMILES string of the molecule is CCC(OC(=O)Oc1cc(C=C(C#N)C(=O)N(CC)CC)cc([N+](=O)[O-])c1O)c1ccccc1. The van der Waals surface area contributed by atoms with E-state index in [0.717, 1.165) is 23.8 Å². The lowest BCUT2D eigenvalue weighted by Gasteiger charge is -2.18. The Bertz CT molecular complexity index is 1120. The molecule has 0 bridgehead atoms. The van der Waals surface area contributed by atoms with Gasteiger partial charge in [0.2, 0.25) is 5.75 Å². The standard InChI is InChI=1S/C24H25N3O7/c1-4-20(17-10-8-7-9-11-17)33-24(30)34-21-14-16(13-19(22(21)28)27(31)32)12-18(15-25)23(29)26(5-2)6-3/h7-14,20,28H,4-6H2,1-3H3. The van der Waals surface area contributed by atoms with Crippen LogP contribution in [0.25, 0.3) is 6.08 Å². The molecule has 2 rings (SSSR count). The number of nitrogens with zero attached hydrogens (tertiary/aromatic N) is 3. The van der Waals surface area contributed by atoms with Gasteiger partial charge in [0.15, 0.2) is 5.75 Å². The minimum absolute atomic E-state index is 0.0134. The van der Waals surface area contributed by atoms with E-state index in [2.05, 4.69) is 0 Å². The number of aromatic hydroxyl groups is 1. The van der Waals surface area contributed by atoms with Crippen LogP contribution in [0, 0.1) is 21.4 Å². The Hall–Kier alpha value is -4.39. The van der Waals surface area contributed by atoms with Crippen LogP contribution < -0.4 is 4.74 Å². The summed E-state index contributed by atoms with van der Waals surface area (Å²) in [5, 5.41) is 31.1. The van der Waals surface area contributed by atoms with Crippen LogP contribution in [-0.2, 0) is 9.53 Å². The third-order valence-corrected chi connectivity index (χ3v) is 4.96. The molecule has 0 aliphatic rings. The van der Waals surface area contributed by atoms with Crippen LogP contribution >= 0.6 is 0 Å². The average Bonchev–Trinajstić information content (AvgIpc) is 2.83. The van der Waals surface area contributed by atoms with Gasteiger partial charge in [0.05, 0.1) is 4.92 Å². The highest BCUT2D eigenvalue weighted by Gasteiger charge is 2.25. The van der Waals surface area contributed by atoms with E-state index in [4.69, 9.17) is 9.47 Å². The first-order chi connectivity index (χ1) is 16.2. The summed E-state index contributed by atoms with van der Waals surface area (Å²) in [6.45, 7) is 6.03. The predicted molar refractivity (Wildman–Crippen MR) is 123 cm³/mol. The molecule has 0 fully saturated rings. The quantitative estimate of drug-likeness (QED) is 0.139. The Morgan fingerprint density at radius 2 is 1.85 bits per heavy atom. The van der Waals surface area contributed by atoms with Crippen molar-refractivity contribution in [2.45, 2.75) is 33.3 Å². The lowest BCUT2D eigenvalue weighted by atomic mass is 10.1. The molecule has 0 aliphatic heterocycles. The van der Waals surface area contributed by atoms with E-state index in [1.807, 2.05) is 6.07 Å². The topological polar surface area (TPSA) is 143 Å². The number of ether oxygens (including phenoxy) is 2. The van der Waals surface area contributed by atoms with Crippen molar-refractivity contribution in [2.75, 3.05) is 13.1 Å². The lowest BCUT2D eigenvalue weighted by molar-refractivity contribution is -0.385. The number of likely N-dealkylation sites (N-methyl/N-ethyl adjacent to an activating group) is 1. The summed E-state index contributed by atoms with van der Waals surface area (Å²) in [5.41, 5.74) is -0.298. The Kier molecular flexibility index (Phi) is 9.14. The van der Waals surface area contributed by atoms with Gasteiger partial charge in [-0.2, -0.15) is 5.26 Å². The zero-order valence-corrected chi connectivity index (χ0v) is 19.1. The number of benzene rings is 2. The van der Waals surface area contributed by atoms with E-state index >= 15 is 0 Å². The fourth-order valence-electron chi connectivity index (χ4n) is 3.19. The summed E-state index contributed by atoms with van der Waals surface area (Å²) in [6, 6.07) is 12.8. The van der Waals surface area contributed by atoms with E-state index < -0.39 is 40.3 Å². The number of amides is 1. The number of nitriles is 1. The summed E-state index contributed by atoms with van der Waals surface area (Å²) >= 11 is 0. The number of nitro groups is 1. The molecule has 0 saturated heterocycles. The number of carbonyl (C=O) groups is 2. The summed E-state index contributed by atoms with van der Waals surface area (Å²) in [5.74, 6) is -1.99. The molecular weight excluding hydrogens is 442 g/mol. The monoisotopic (exact) mass is 467 g/mol. The second kappa shape index (κ2) is 12.0. The van der Waals surface area contributed by atoms with E-state index in [1.54, 1.807) is 51.1 Å². The van der Waals surface area contributed by atoms with Crippen molar-refractivity contribution in [1.82, 2.24) is 4.90 Å². The van der Waals surface area contributed by atoms with Gasteiger partial charge in [0, 0.05) is 19.2 Å². The highest BCUT2D eigenvalue weighted by Crippen LogP contribution is 2.38. The van der Waals surface area contributed by atoms with Crippen molar-refractivity contribution in [1.29, 1.82) is 5.26 Å². The van der Waals surface area contributed by atoms with Crippen molar-refractivity contribution < 1.29 is 29.1 Å². The second-order valence-corrected chi connectivity index (χ2v) is 7.07. The van der Waals surface area contributed by atoms with Crippen molar-refractivity contribution in [2.24, 2.45) is 0 Å². The van der Waals surface area contributed by atoms with Crippen LogP contribution in [0.3, 0.4) is 0 Å². The zero-order chi connectivity index (χ0) is 25.3. The molecule has 0 radical (unpaired) electrons. The van der Waals surface area contributed by atoms with Gasteiger partial charge in [-0.1, -0.05) is 37.3 Å². The summed E-state index contributed by atoms with van der Waals surface area (Å²) in [4.78, 5) is 36.9. The van der Waals surface area contributed by atoms with Crippen molar-refractivity contribution in [3.63, 3.8) is 0 Å². The first-order valence-corrected chi connectivity index (χ1v) is 10.6. The first kappa shape index (κ1) is 25.9. The van der Waals surface area contributed by atoms with E-state index in [0.29, 0.717) is 19.5 Å². The number of nitro benzene ring substituents is 1. The van der Waals surface area contributed by atoms with Crippen LogP contribution in [0.2, 0.25) is 0 Å². The van der Waals surface area contributed by atoms with Crippen LogP contribution in [0.1, 0.15) is 44.4 Å². The number of hydrogen-bond donors (Lipinski definition) is 1. The van der Waals surface area contributed by atoms with Crippen LogP contribution in [0.15, 0.2) is 48.0 Å². The molecule has 10 heteroatoms. The smallest absolute Gasteiger partial charge is 0.499 e. The molecule has 0 aromatic heterocycles. The molecule has 1 N–H and O–H groups in total. The lowest BCUT2D eigenvalue weighted by Crippen LogP contribution is -2.31. The number of phenols is 1. The van der Waals surface area contributed by atoms with Gasteiger partial charge in [0.1, 0.15) is 17.7 Å². The third-order valence-electron chi connectivity index (χ3n) is 4.96. The fraction of sp³-hybridized carbons (Fsp3) is 0.292. The maximum atomic E-state index is 12.5. The summed E-state index contributed by atoms with van der Waals surface area (Å²) in [6.07, 6.45) is -0.246. The number of rotatable bonds is 9. The Balaban J connectivity index is 2.39. The van der Waals surface area contributed by atoms with Crippen molar-refractivity contribution >= 4 is 23.8 Å². The van der Waals surface area contributed by atoms with Gasteiger partial charge in [-0.05, 0) is 43.5 Å². The van der Waals surface area contributed by atoms with E-state index in [-0.39, 0.29) is 11.1 Å².